The molecule has 1 heterocycles. The van der Waals surface area contributed by atoms with Crippen molar-refractivity contribution in [3.05, 3.63) is 77.4 Å². The summed E-state index contributed by atoms with van der Waals surface area (Å²) < 4.78 is 82.6. The van der Waals surface area contributed by atoms with Crippen LogP contribution in [0.1, 0.15) is 96.5 Å². The van der Waals surface area contributed by atoms with Crippen molar-refractivity contribution >= 4 is 0 Å². The average molecular weight is 645 g/mol. The van der Waals surface area contributed by atoms with Gasteiger partial charge >= 0.3 is 0 Å². The van der Waals surface area contributed by atoms with Gasteiger partial charge in [-0.05, 0) is 42.5 Å². The maximum absolute atomic E-state index is 15.1. The molecule has 4 nitrogen and oxygen atoms in total. The topological polar surface area (TPSA) is 36.9 Å². The highest BCUT2D eigenvalue weighted by Crippen LogP contribution is 2.33. The molecule has 1 fully saturated rings. The zero-order valence-corrected chi connectivity index (χ0v) is 27.2. The van der Waals surface area contributed by atoms with Gasteiger partial charge in [0.15, 0.2) is 29.5 Å². The second-order valence-electron chi connectivity index (χ2n) is 12.1. The molecule has 0 N–H and O–H groups in total. The summed E-state index contributed by atoms with van der Waals surface area (Å²) in [4.78, 5) is 0. The number of hydrogen-bond acceptors (Lipinski definition) is 4. The highest BCUT2D eigenvalue weighted by atomic mass is 19.2. The minimum atomic E-state index is -1.04. The van der Waals surface area contributed by atoms with Gasteiger partial charge in [0.25, 0.3) is 0 Å². The molecule has 0 spiro atoms. The quantitative estimate of drug-likeness (QED) is 0.0961. The predicted octanol–water partition coefficient (Wildman–Crippen LogP) is 10.9. The molecule has 0 radical (unpaired) electrons. The number of unbranched alkanes of at least 4 members (excludes halogenated alkanes) is 9. The van der Waals surface area contributed by atoms with Crippen molar-refractivity contribution < 1.29 is 36.5 Å². The lowest BCUT2D eigenvalue weighted by Gasteiger charge is -2.29. The Bertz CT molecular complexity index is 1340. The van der Waals surface area contributed by atoms with Crippen molar-refractivity contribution in [2.75, 3.05) is 19.8 Å². The molecule has 46 heavy (non-hydrogen) atoms. The lowest BCUT2D eigenvalue weighted by Crippen LogP contribution is -2.37. The Morgan fingerprint density at radius 3 is 1.78 bits per heavy atom. The summed E-state index contributed by atoms with van der Waals surface area (Å²) in [6.45, 7) is 5.21. The third-order valence-electron chi connectivity index (χ3n) is 8.43. The highest BCUT2D eigenvalue weighted by Gasteiger charge is 2.24. The van der Waals surface area contributed by atoms with Gasteiger partial charge in [-0.15, -0.1) is 0 Å². The van der Waals surface area contributed by atoms with Crippen molar-refractivity contribution in [3.63, 3.8) is 0 Å². The van der Waals surface area contributed by atoms with Gasteiger partial charge in [-0.2, -0.15) is 4.39 Å². The summed E-state index contributed by atoms with van der Waals surface area (Å²) in [5.41, 5.74) is 1.02. The Morgan fingerprint density at radius 2 is 1.15 bits per heavy atom. The van der Waals surface area contributed by atoms with Crippen LogP contribution >= 0.6 is 0 Å². The van der Waals surface area contributed by atoms with Crippen molar-refractivity contribution in [2.45, 2.75) is 110 Å². The maximum Gasteiger partial charge on any atom is 0.201 e. The van der Waals surface area contributed by atoms with E-state index in [9.17, 15) is 4.39 Å². The molecule has 0 saturated carbocycles. The van der Waals surface area contributed by atoms with Gasteiger partial charge in [0.2, 0.25) is 5.82 Å². The standard InChI is InChI=1S/C38H48F4O4/c1-3-5-7-8-9-10-11-13-23-43-33-22-21-32(37(41)38(33)42)28-17-15-27(16-18-28)31-20-19-29(35(39)36(31)40)24-44-30-25-45-34(46-26-30)14-12-6-4-2/h15-22,30,34H,3-14,23-26H2,1-2H3. The summed E-state index contributed by atoms with van der Waals surface area (Å²) in [6, 6.07) is 12.1. The third-order valence-corrected chi connectivity index (χ3v) is 8.43. The number of benzene rings is 3. The van der Waals surface area contributed by atoms with E-state index in [1.54, 1.807) is 24.3 Å². The molecule has 1 aliphatic heterocycles. The van der Waals surface area contributed by atoms with E-state index in [0.717, 1.165) is 44.9 Å². The second kappa shape index (κ2) is 19.0. The second-order valence-corrected chi connectivity index (χ2v) is 12.1. The molecule has 252 valence electrons. The first kappa shape index (κ1) is 35.9. The van der Waals surface area contributed by atoms with Crippen LogP contribution in [0.15, 0.2) is 48.5 Å². The minimum Gasteiger partial charge on any atom is -0.490 e. The Labute approximate surface area is 271 Å². The van der Waals surface area contributed by atoms with Crippen LogP contribution in [0.3, 0.4) is 0 Å². The molecule has 1 aliphatic rings. The fraction of sp³-hybridized carbons (Fsp3) is 0.526. The molecule has 0 unspecified atom stereocenters. The summed E-state index contributed by atoms with van der Waals surface area (Å²) in [7, 11) is 0. The number of halogens is 4. The van der Waals surface area contributed by atoms with Gasteiger partial charge in [-0.25, -0.2) is 13.2 Å². The first-order valence-corrected chi connectivity index (χ1v) is 17.0. The number of hydrogen-bond donors (Lipinski definition) is 0. The molecule has 4 rings (SSSR count). The molecular formula is C38H48F4O4. The summed E-state index contributed by atoms with van der Waals surface area (Å²) >= 11 is 0. The van der Waals surface area contributed by atoms with E-state index in [0.29, 0.717) is 30.9 Å². The van der Waals surface area contributed by atoms with E-state index in [1.807, 2.05) is 0 Å². The Hall–Kier alpha value is -2.94. The summed E-state index contributed by atoms with van der Waals surface area (Å²) in [6.07, 6.45) is 12.6. The Balaban J connectivity index is 1.29. The van der Waals surface area contributed by atoms with Gasteiger partial charge < -0.3 is 18.9 Å². The first-order valence-electron chi connectivity index (χ1n) is 17.0. The highest BCUT2D eigenvalue weighted by molar-refractivity contribution is 5.71. The zero-order chi connectivity index (χ0) is 32.7. The predicted molar refractivity (Wildman–Crippen MR) is 174 cm³/mol. The summed E-state index contributed by atoms with van der Waals surface area (Å²) in [5.74, 6) is -4.16. The molecule has 0 aliphatic carbocycles. The van der Waals surface area contributed by atoms with Crippen LogP contribution < -0.4 is 4.74 Å². The molecule has 8 heteroatoms. The largest absolute Gasteiger partial charge is 0.490 e. The van der Waals surface area contributed by atoms with Crippen molar-refractivity contribution in [1.82, 2.24) is 0 Å². The van der Waals surface area contributed by atoms with E-state index < -0.39 is 23.3 Å². The van der Waals surface area contributed by atoms with Crippen LogP contribution in [-0.2, 0) is 20.8 Å². The van der Waals surface area contributed by atoms with E-state index in [1.165, 1.54) is 56.4 Å². The van der Waals surface area contributed by atoms with Crippen LogP contribution in [0.2, 0.25) is 0 Å². The monoisotopic (exact) mass is 644 g/mol. The molecule has 0 bridgehead atoms. The molecular weight excluding hydrogens is 596 g/mol. The lowest BCUT2D eigenvalue weighted by atomic mass is 9.98. The van der Waals surface area contributed by atoms with Gasteiger partial charge in [-0.3, -0.25) is 0 Å². The molecule has 3 aromatic rings. The maximum atomic E-state index is 15.1. The van der Waals surface area contributed by atoms with Crippen LogP contribution in [0.25, 0.3) is 22.3 Å². The van der Waals surface area contributed by atoms with Crippen LogP contribution in [-0.4, -0.2) is 32.2 Å². The third kappa shape index (κ3) is 10.3. The molecule has 1 saturated heterocycles. The van der Waals surface area contributed by atoms with Gasteiger partial charge in [0.05, 0.1) is 26.4 Å². The van der Waals surface area contributed by atoms with Crippen LogP contribution in [0.4, 0.5) is 17.6 Å². The van der Waals surface area contributed by atoms with Crippen molar-refractivity contribution in [1.29, 1.82) is 0 Å². The van der Waals surface area contributed by atoms with Crippen LogP contribution in [0, 0.1) is 23.3 Å². The van der Waals surface area contributed by atoms with Gasteiger partial charge in [0, 0.05) is 16.7 Å². The van der Waals surface area contributed by atoms with E-state index >= 15 is 13.2 Å². The Morgan fingerprint density at radius 1 is 0.609 bits per heavy atom. The van der Waals surface area contributed by atoms with Gasteiger partial charge in [-0.1, -0.05) is 108 Å². The molecule has 0 aromatic heterocycles. The first-order chi connectivity index (χ1) is 22.4. The molecule has 3 aromatic carbocycles. The van der Waals surface area contributed by atoms with Crippen molar-refractivity contribution in [2.24, 2.45) is 0 Å². The Kier molecular flexibility index (Phi) is 14.8. The van der Waals surface area contributed by atoms with E-state index in [2.05, 4.69) is 13.8 Å². The SMILES string of the molecule is CCCCCCCCCCOc1ccc(-c2ccc(-c3ccc(COC4COC(CCCCC)OC4)c(F)c3F)cc2)c(F)c1F. The number of ether oxygens (including phenoxy) is 4. The molecule has 0 atom stereocenters. The van der Waals surface area contributed by atoms with E-state index in [-0.39, 0.29) is 41.4 Å². The fourth-order valence-corrected chi connectivity index (χ4v) is 5.59. The normalized spacial score (nSPS) is 16.6. The van der Waals surface area contributed by atoms with E-state index in [4.69, 9.17) is 18.9 Å². The minimum absolute atomic E-state index is 0.0587. The fourth-order valence-electron chi connectivity index (χ4n) is 5.59. The summed E-state index contributed by atoms with van der Waals surface area (Å²) in [5, 5.41) is 0. The average Bonchev–Trinajstić information content (AvgIpc) is 3.07. The molecule has 0 amide bonds. The lowest BCUT2D eigenvalue weighted by molar-refractivity contribution is -0.230. The van der Waals surface area contributed by atoms with Gasteiger partial charge in [0.1, 0.15) is 6.10 Å². The van der Waals surface area contributed by atoms with Crippen molar-refractivity contribution in [3.8, 4) is 28.0 Å². The number of rotatable bonds is 19. The smallest absolute Gasteiger partial charge is 0.201 e. The van der Waals surface area contributed by atoms with Crippen LogP contribution in [0.5, 0.6) is 5.75 Å². The zero-order valence-electron chi connectivity index (χ0n) is 27.2.